The molecule has 0 aromatic rings. The van der Waals surface area contributed by atoms with E-state index in [0.29, 0.717) is 31.3 Å². The Morgan fingerprint density at radius 1 is 1.24 bits per heavy atom. The fourth-order valence-corrected chi connectivity index (χ4v) is 4.50. The van der Waals surface area contributed by atoms with E-state index in [1.165, 1.54) is 0 Å². The van der Waals surface area contributed by atoms with E-state index < -0.39 is 17.5 Å². The number of piperidine rings is 1. The van der Waals surface area contributed by atoms with Crippen LogP contribution in [0.1, 0.15) is 54.4 Å². The molecule has 1 saturated carbocycles. The van der Waals surface area contributed by atoms with Gasteiger partial charge < -0.3 is 19.1 Å². The van der Waals surface area contributed by atoms with Crippen LogP contribution < -0.4 is 0 Å². The van der Waals surface area contributed by atoms with Crippen molar-refractivity contribution in [1.29, 1.82) is 0 Å². The highest BCUT2D eigenvalue weighted by Crippen LogP contribution is 2.46. The number of carbonyl (C=O) groups is 2. The Morgan fingerprint density at radius 2 is 1.92 bits per heavy atom. The molecule has 5 atom stereocenters. The van der Waals surface area contributed by atoms with Crippen LogP contribution in [0, 0.1) is 17.8 Å². The lowest BCUT2D eigenvalue weighted by molar-refractivity contribution is -0.166. The van der Waals surface area contributed by atoms with Gasteiger partial charge in [-0.05, 0) is 58.8 Å². The minimum atomic E-state index is -0.690. The van der Waals surface area contributed by atoms with E-state index in [-0.39, 0.29) is 23.9 Å². The molecule has 1 amide bonds. The van der Waals surface area contributed by atoms with E-state index in [0.717, 1.165) is 6.42 Å². The summed E-state index contributed by atoms with van der Waals surface area (Å²) >= 11 is 0. The molecule has 142 valence electrons. The average Bonchev–Trinajstić information content (AvgIpc) is 2.92. The zero-order valence-corrected chi connectivity index (χ0v) is 16.2. The number of Topliss-reactive ketones (excluding diaryl/α,β-unsaturated/α-hetero) is 1. The van der Waals surface area contributed by atoms with Crippen molar-refractivity contribution in [1.82, 2.24) is 4.90 Å². The second-order valence-corrected chi connectivity index (χ2v) is 9.21. The second kappa shape index (κ2) is 6.23. The monoisotopic (exact) mass is 353 g/mol. The summed E-state index contributed by atoms with van der Waals surface area (Å²) in [5.41, 5.74) is -0.483. The minimum absolute atomic E-state index is 0.150. The fourth-order valence-electron chi connectivity index (χ4n) is 4.50. The SMILES string of the molecule is CC1CN(C(=O)OC(C)(C)C)CCC1[C@H]1CC(=O)[C@@H]2OC(C)(C)O[C@H]12. The molecule has 6 nitrogen and oxygen atoms in total. The van der Waals surface area contributed by atoms with E-state index >= 15 is 0 Å². The van der Waals surface area contributed by atoms with Gasteiger partial charge in [0.2, 0.25) is 0 Å². The summed E-state index contributed by atoms with van der Waals surface area (Å²) in [5.74, 6) is 0.294. The van der Waals surface area contributed by atoms with Crippen molar-refractivity contribution in [2.75, 3.05) is 13.1 Å². The molecule has 0 radical (unpaired) electrons. The van der Waals surface area contributed by atoms with Crippen LogP contribution in [0.4, 0.5) is 4.79 Å². The van der Waals surface area contributed by atoms with Gasteiger partial charge in [0.05, 0.1) is 6.10 Å². The lowest BCUT2D eigenvalue weighted by Gasteiger charge is -2.41. The molecule has 2 heterocycles. The van der Waals surface area contributed by atoms with E-state index in [9.17, 15) is 9.59 Å². The maximum Gasteiger partial charge on any atom is 0.410 e. The van der Waals surface area contributed by atoms with Gasteiger partial charge in [0.1, 0.15) is 11.7 Å². The van der Waals surface area contributed by atoms with E-state index in [1.54, 1.807) is 4.90 Å². The zero-order chi connectivity index (χ0) is 18.6. The first-order valence-electron chi connectivity index (χ1n) is 9.33. The fraction of sp³-hybridized carbons (Fsp3) is 0.895. The van der Waals surface area contributed by atoms with Crippen LogP contribution in [-0.2, 0) is 19.0 Å². The van der Waals surface area contributed by atoms with Crippen LogP contribution in [0.5, 0.6) is 0 Å². The van der Waals surface area contributed by atoms with Crippen LogP contribution >= 0.6 is 0 Å². The van der Waals surface area contributed by atoms with Crippen molar-refractivity contribution in [3.63, 3.8) is 0 Å². The van der Waals surface area contributed by atoms with Crippen molar-refractivity contribution in [3.8, 4) is 0 Å². The molecule has 0 aromatic carbocycles. The van der Waals surface area contributed by atoms with Gasteiger partial charge in [-0.15, -0.1) is 0 Å². The van der Waals surface area contributed by atoms with Crippen molar-refractivity contribution < 1.29 is 23.8 Å². The third kappa shape index (κ3) is 3.85. The molecule has 0 spiro atoms. The number of nitrogens with zero attached hydrogens (tertiary/aromatic N) is 1. The Kier molecular flexibility index (Phi) is 4.65. The second-order valence-electron chi connectivity index (χ2n) is 9.21. The highest BCUT2D eigenvalue weighted by Gasteiger charge is 2.56. The Hall–Kier alpha value is -1.14. The zero-order valence-electron chi connectivity index (χ0n) is 16.2. The molecular weight excluding hydrogens is 322 g/mol. The summed E-state index contributed by atoms with van der Waals surface area (Å²) in [5, 5.41) is 0. The quantitative estimate of drug-likeness (QED) is 0.725. The van der Waals surface area contributed by atoms with Gasteiger partial charge in [0, 0.05) is 19.5 Å². The summed E-state index contributed by atoms with van der Waals surface area (Å²) < 4.78 is 17.3. The lowest BCUT2D eigenvalue weighted by atomic mass is 9.76. The predicted octanol–water partition coefficient (Wildman–Crippen LogP) is 2.99. The van der Waals surface area contributed by atoms with Crippen molar-refractivity contribution in [3.05, 3.63) is 0 Å². The van der Waals surface area contributed by atoms with Crippen LogP contribution in [0.15, 0.2) is 0 Å². The van der Waals surface area contributed by atoms with Gasteiger partial charge >= 0.3 is 6.09 Å². The maximum absolute atomic E-state index is 12.3. The van der Waals surface area contributed by atoms with Crippen LogP contribution in [0.25, 0.3) is 0 Å². The number of hydrogen-bond acceptors (Lipinski definition) is 5. The third-order valence-electron chi connectivity index (χ3n) is 5.48. The molecular formula is C19H31NO5. The number of fused-ring (bicyclic) bond motifs is 1. The number of amides is 1. The molecule has 0 N–H and O–H groups in total. The van der Waals surface area contributed by atoms with Crippen molar-refractivity contribution >= 4 is 11.9 Å². The summed E-state index contributed by atoms with van der Waals surface area (Å²) in [6, 6.07) is 0. The topological polar surface area (TPSA) is 65.1 Å². The lowest BCUT2D eigenvalue weighted by Crippen LogP contribution is -2.47. The Labute approximate surface area is 150 Å². The number of hydrogen-bond donors (Lipinski definition) is 0. The number of ketones is 1. The molecule has 3 aliphatic rings. The molecule has 3 fully saturated rings. The molecule has 0 bridgehead atoms. The molecule has 1 aliphatic carbocycles. The van der Waals surface area contributed by atoms with Crippen LogP contribution in [0.2, 0.25) is 0 Å². The van der Waals surface area contributed by atoms with E-state index in [4.69, 9.17) is 14.2 Å². The Morgan fingerprint density at radius 3 is 2.52 bits per heavy atom. The molecule has 2 saturated heterocycles. The summed E-state index contributed by atoms with van der Waals surface area (Å²) in [6.07, 6.45) is 0.567. The van der Waals surface area contributed by atoms with Crippen molar-refractivity contribution in [2.24, 2.45) is 17.8 Å². The molecule has 6 heteroatoms. The van der Waals surface area contributed by atoms with Gasteiger partial charge in [-0.2, -0.15) is 0 Å². The normalized spacial score (nSPS) is 37.9. The molecule has 0 aromatic heterocycles. The summed E-state index contributed by atoms with van der Waals surface area (Å²) in [4.78, 5) is 26.4. The maximum atomic E-state index is 12.3. The van der Waals surface area contributed by atoms with Gasteiger partial charge in [-0.1, -0.05) is 6.92 Å². The first-order chi connectivity index (χ1) is 11.5. The van der Waals surface area contributed by atoms with Gasteiger partial charge in [0.15, 0.2) is 11.6 Å². The third-order valence-corrected chi connectivity index (χ3v) is 5.48. The average molecular weight is 353 g/mol. The van der Waals surface area contributed by atoms with Gasteiger partial charge in [0.25, 0.3) is 0 Å². The van der Waals surface area contributed by atoms with Gasteiger partial charge in [-0.3, -0.25) is 4.79 Å². The molecule has 25 heavy (non-hydrogen) atoms. The molecule has 3 rings (SSSR count). The Balaban J connectivity index is 1.64. The smallest absolute Gasteiger partial charge is 0.410 e. The van der Waals surface area contributed by atoms with E-state index in [1.807, 2.05) is 34.6 Å². The number of ether oxygens (including phenoxy) is 3. The molecule has 2 aliphatic heterocycles. The summed E-state index contributed by atoms with van der Waals surface area (Å²) in [7, 11) is 0. The first-order valence-corrected chi connectivity index (χ1v) is 9.33. The Bertz CT molecular complexity index is 553. The van der Waals surface area contributed by atoms with Crippen molar-refractivity contribution in [2.45, 2.75) is 78.0 Å². The number of likely N-dealkylation sites (tertiary alicyclic amines) is 1. The van der Waals surface area contributed by atoms with Crippen LogP contribution in [-0.4, -0.2) is 53.5 Å². The van der Waals surface area contributed by atoms with Gasteiger partial charge in [-0.25, -0.2) is 4.79 Å². The summed E-state index contributed by atoms with van der Waals surface area (Å²) in [6.45, 7) is 12.8. The molecule has 2 unspecified atom stereocenters. The number of rotatable bonds is 1. The largest absolute Gasteiger partial charge is 0.444 e. The minimum Gasteiger partial charge on any atom is -0.444 e. The highest BCUT2D eigenvalue weighted by atomic mass is 16.8. The standard InChI is InChI=1S/C19H31NO5/c1-11-10-20(17(22)25-18(2,3)4)8-7-12(11)13-9-14(21)16-15(13)23-19(5,6)24-16/h11-13,15-16H,7-10H2,1-6H3/t11?,12?,13-,15-,16+/m1/s1. The van der Waals surface area contributed by atoms with E-state index in [2.05, 4.69) is 6.92 Å². The number of carbonyl (C=O) groups excluding carboxylic acids is 2. The van der Waals surface area contributed by atoms with Crippen LogP contribution in [0.3, 0.4) is 0 Å². The predicted molar refractivity (Wildman–Crippen MR) is 92.0 cm³/mol. The first kappa shape index (κ1) is 18.6. The highest BCUT2D eigenvalue weighted by molar-refractivity contribution is 5.87.